The molecule has 1 aliphatic rings. The first-order valence-electron chi connectivity index (χ1n) is 6.91. The van der Waals surface area contributed by atoms with E-state index in [1.165, 1.54) is 6.42 Å². The Hall–Kier alpha value is -0.580. The third-order valence-electron chi connectivity index (χ3n) is 3.68. The fourth-order valence-electron chi connectivity index (χ4n) is 2.54. The van der Waals surface area contributed by atoms with Gasteiger partial charge in [-0.05, 0) is 43.7 Å². The van der Waals surface area contributed by atoms with Gasteiger partial charge in [0, 0.05) is 11.0 Å². The normalized spacial score (nSPS) is 18.3. The summed E-state index contributed by atoms with van der Waals surface area (Å²) in [5.41, 5.74) is 0.532. The molecule has 106 valence electrons. The third-order valence-corrected chi connectivity index (χ3v) is 4.45. The van der Waals surface area contributed by atoms with Gasteiger partial charge in [0.05, 0.1) is 5.60 Å². The molecule has 0 aliphatic heterocycles. The molecule has 0 saturated heterocycles. The van der Waals surface area contributed by atoms with Crippen LogP contribution in [0.4, 0.5) is 0 Å². The zero-order valence-electron chi connectivity index (χ0n) is 11.4. The molecule has 2 rings (SSSR count). The van der Waals surface area contributed by atoms with E-state index in [9.17, 15) is 5.11 Å². The number of rotatable bonds is 5. The predicted molar refractivity (Wildman–Crippen MR) is 80.4 cm³/mol. The number of benzene rings is 1. The highest BCUT2D eigenvalue weighted by Crippen LogP contribution is 2.29. The van der Waals surface area contributed by atoms with Crippen molar-refractivity contribution in [3.05, 3.63) is 28.2 Å². The first kappa shape index (κ1) is 14.8. The molecule has 1 aromatic rings. The van der Waals surface area contributed by atoms with E-state index in [4.69, 9.17) is 4.74 Å². The molecule has 0 amide bonds. The fraction of sp³-hybridized carbons (Fsp3) is 0.600. The number of aliphatic hydroxyl groups is 1. The van der Waals surface area contributed by atoms with Crippen molar-refractivity contribution in [2.75, 3.05) is 13.7 Å². The van der Waals surface area contributed by atoms with Gasteiger partial charge < -0.3 is 15.2 Å². The Morgan fingerprint density at radius 2 is 2.05 bits per heavy atom. The highest BCUT2D eigenvalue weighted by atomic mass is 79.9. The summed E-state index contributed by atoms with van der Waals surface area (Å²) in [4.78, 5) is 0. The standard InChI is InChI=1S/C15H22BrNO2/c1-17-10-12-9-13(5-6-14(12)16)19-11-15(18)7-3-2-4-8-15/h5-6,9,17-18H,2-4,7-8,10-11H2,1H3. The van der Waals surface area contributed by atoms with Crippen molar-refractivity contribution >= 4 is 15.9 Å². The number of hydrogen-bond acceptors (Lipinski definition) is 3. The summed E-state index contributed by atoms with van der Waals surface area (Å²) >= 11 is 3.52. The summed E-state index contributed by atoms with van der Waals surface area (Å²) in [7, 11) is 1.92. The first-order valence-corrected chi connectivity index (χ1v) is 7.70. The summed E-state index contributed by atoms with van der Waals surface area (Å²) in [5.74, 6) is 0.826. The minimum Gasteiger partial charge on any atom is -0.491 e. The van der Waals surface area contributed by atoms with Crippen molar-refractivity contribution in [3.8, 4) is 5.75 Å². The van der Waals surface area contributed by atoms with Crippen molar-refractivity contribution in [1.29, 1.82) is 0 Å². The maximum Gasteiger partial charge on any atom is 0.119 e. The van der Waals surface area contributed by atoms with E-state index < -0.39 is 5.60 Å². The largest absolute Gasteiger partial charge is 0.491 e. The topological polar surface area (TPSA) is 41.5 Å². The molecule has 0 aromatic heterocycles. The van der Waals surface area contributed by atoms with Crippen LogP contribution in [0.2, 0.25) is 0 Å². The molecular formula is C15H22BrNO2. The van der Waals surface area contributed by atoms with Crippen molar-refractivity contribution < 1.29 is 9.84 Å². The molecule has 1 fully saturated rings. The van der Waals surface area contributed by atoms with E-state index >= 15 is 0 Å². The molecule has 0 unspecified atom stereocenters. The van der Waals surface area contributed by atoms with E-state index in [0.717, 1.165) is 48.0 Å². The van der Waals surface area contributed by atoms with Crippen LogP contribution in [0.3, 0.4) is 0 Å². The van der Waals surface area contributed by atoms with Gasteiger partial charge in [0.25, 0.3) is 0 Å². The molecule has 0 spiro atoms. The van der Waals surface area contributed by atoms with Gasteiger partial charge in [0.1, 0.15) is 12.4 Å². The zero-order chi connectivity index (χ0) is 13.7. The Bertz CT molecular complexity index is 417. The lowest BCUT2D eigenvalue weighted by atomic mass is 9.85. The maximum absolute atomic E-state index is 10.4. The second-order valence-corrected chi connectivity index (χ2v) is 6.21. The van der Waals surface area contributed by atoms with Crippen LogP contribution in [-0.2, 0) is 6.54 Å². The van der Waals surface area contributed by atoms with Crippen LogP contribution in [0.25, 0.3) is 0 Å². The number of hydrogen-bond donors (Lipinski definition) is 2. The number of nitrogens with one attached hydrogen (secondary N) is 1. The van der Waals surface area contributed by atoms with E-state index in [1.54, 1.807) is 0 Å². The Kier molecular flexibility index (Phi) is 5.25. The average molecular weight is 328 g/mol. The van der Waals surface area contributed by atoms with Crippen molar-refractivity contribution in [1.82, 2.24) is 5.32 Å². The quantitative estimate of drug-likeness (QED) is 0.872. The van der Waals surface area contributed by atoms with Gasteiger partial charge in [0.2, 0.25) is 0 Å². The van der Waals surface area contributed by atoms with Crippen LogP contribution in [0.5, 0.6) is 5.75 Å². The van der Waals surface area contributed by atoms with Crippen LogP contribution in [0, 0.1) is 0 Å². The van der Waals surface area contributed by atoms with Crippen LogP contribution < -0.4 is 10.1 Å². The Morgan fingerprint density at radius 3 is 2.74 bits per heavy atom. The van der Waals surface area contributed by atoms with Gasteiger partial charge in [-0.2, -0.15) is 0 Å². The third kappa shape index (κ3) is 4.20. The maximum atomic E-state index is 10.4. The van der Waals surface area contributed by atoms with Crippen LogP contribution in [0.1, 0.15) is 37.7 Å². The Morgan fingerprint density at radius 1 is 1.32 bits per heavy atom. The van der Waals surface area contributed by atoms with Crippen molar-refractivity contribution in [2.24, 2.45) is 0 Å². The predicted octanol–water partition coefficient (Wildman–Crippen LogP) is 3.24. The molecule has 1 aliphatic carbocycles. The monoisotopic (exact) mass is 327 g/mol. The smallest absolute Gasteiger partial charge is 0.119 e. The Balaban J connectivity index is 1.97. The van der Waals surface area contributed by atoms with Crippen molar-refractivity contribution in [3.63, 3.8) is 0 Å². The molecule has 0 radical (unpaired) electrons. The first-order chi connectivity index (χ1) is 9.13. The van der Waals surface area contributed by atoms with Gasteiger partial charge in [-0.15, -0.1) is 0 Å². The minimum atomic E-state index is -0.630. The average Bonchev–Trinajstić information content (AvgIpc) is 2.41. The lowest BCUT2D eigenvalue weighted by Crippen LogP contribution is -2.37. The van der Waals surface area contributed by atoms with E-state index in [2.05, 4.69) is 21.2 Å². The van der Waals surface area contributed by atoms with Crippen LogP contribution in [-0.4, -0.2) is 24.4 Å². The van der Waals surface area contributed by atoms with E-state index in [-0.39, 0.29) is 0 Å². The molecule has 0 heterocycles. The summed E-state index contributed by atoms with van der Waals surface area (Å²) in [6.45, 7) is 1.19. The highest BCUT2D eigenvalue weighted by molar-refractivity contribution is 9.10. The SMILES string of the molecule is CNCc1cc(OCC2(O)CCCCC2)ccc1Br. The fourth-order valence-corrected chi connectivity index (χ4v) is 2.93. The second kappa shape index (κ2) is 6.73. The molecule has 1 saturated carbocycles. The summed E-state index contributed by atoms with van der Waals surface area (Å²) < 4.78 is 6.87. The van der Waals surface area contributed by atoms with Crippen LogP contribution in [0.15, 0.2) is 22.7 Å². The van der Waals surface area contributed by atoms with Gasteiger partial charge in [-0.1, -0.05) is 35.2 Å². The molecule has 19 heavy (non-hydrogen) atoms. The summed E-state index contributed by atoms with van der Waals surface area (Å²) in [5, 5.41) is 13.5. The molecule has 3 nitrogen and oxygen atoms in total. The molecule has 0 bridgehead atoms. The number of halogens is 1. The molecule has 4 heteroatoms. The lowest BCUT2D eigenvalue weighted by Gasteiger charge is -2.31. The van der Waals surface area contributed by atoms with E-state index in [1.807, 2.05) is 25.2 Å². The Labute approximate surface area is 123 Å². The van der Waals surface area contributed by atoms with Gasteiger partial charge >= 0.3 is 0 Å². The van der Waals surface area contributed by atoms with Crippen LogP contribution >= 0.6 is 15.9 Å². The van der Waals surface area contributed by atoms with Gasteiger partial charge in [0.15, 0.2) is 0 Å². The minimum absolute atomic E-state index is 0.396. The second-order valence-electron chi connectivity index (χ2n) is 5.36. The lowest BCUT2D eigenvalue weighted by molar-refractivity contribution is -0.0339. The van der Waals surface area contributed by atoms with Gasteiger partial charge in [-0.25, -0.2) is 0 Å². The van der Waals surface area contributed by atoms with E-state index in [0.29, 0.717) is 6.61 Å². The van der Waals surface area contributed by atoms with Crippen molar-refractivity contribution in [2.45, 2.75) is 44.2 Å². The molecule has 0 atom stereocenters. The summed E-state index contributed by atoms with van der Waals surface area (Å²) in [6, 6.07) is 5.95. The van der Waals surface area contributed by atoms with Gasteiger partial charge in [-0.3, -0.25) is 0 Å². The molecule has 1 aromatic carbocycles. The number of ether oxygens (including phenoxy) is 1. The zero-order valence-corrected chi connectivity index (χ0v) is 13.0. The molecule has 2 N–H and O–H groups in total. The highest BCUT2D eigenvalue weighted by Gasteiger charge is 2.29. The molecular weight excluding hydrogens is 306 g/mol. The summed E-state index contributed by atoms with van der Waals surface area (Å²) in [6.07, 6.45) is 5.14.